The lowest BCUT2D eigenvalue weighted by Crippen LogP contribution is -2.37. The largest absolute Gasteiger partial charge is 0.490 e. The molecule has 1 atom stereocenters. The van der Waals surface area contributed by atoms with Gasteiger partial charge in [-0.25, -0.2) is 4.79 Å². The number of carbonyl (C=O) groups is 2. The fourth-order valence-corrected chi connectivity index (χ4v) is 5.10. The van der Waals surface area contributed by atoms with Crippen LogP contribution in [0.15, 0.2) is 51.8 Å². The number of thioether (sulfide) groups is 1. The van der Waals surface area contributed by atoms with Crippen molar-refractivity contribution in [1.82, 2.24) is 4.90 Å². The highest BCUT2D eigenvalue weighted by atomic mass is 79.9. The molecule has 1 fully saturated rings. The van der Waals surface area contributed by atoms with Crippen molar-refractivity contribution in [3.63, 3.8) is 0 Å². The maximum absolute atomic E-state index is 13.3. The highest BCUT2D eigenvalue weighted by Gasteiger charge is 2.41. The zero-order chi connectivity index (χ0) is 23.3. The number of hydrogen-bond acceptors (Lipinski definition) is 7. The third-order valence-electron chi connectivity index (χ3n) is 4.54. The molecule has 1 saturated heterocycles. The van der Waals surface area contributed by atoms with Crippen LogP contribution in [0.4, 0.5) is 0 Å². The van der Waals surface area contributed by atoms with Gasteiger partial charge in [0.1, 0.15) is 4.32 Å². The van der Waals surface area contributed by atoms with E-state index in [9.17, 15) is 9.59 Å². The fourth-order valence-electron chi connectivity index (χ4n) is 3.21. The van der Waals surface area contributed by atoms with E-state index in [1.165, 1.54) is 12.0 Å². The Hall–Kier alpha value is -2.36. The zero-order valence-electron chi connectivity index (χ0n) is 17.8. The molecule has 6 nitrogen and oxygen atoms in total. The van der Waals surface area contributed by atoms with Crippen molar-refractivity contribution in [2.24, 2.45) is 0 Å². The molecule has 1 aliphatic heterocycles. The molecule has 32 heavy (non-hydrogen) atoms. The number of hydrogen-bond donors (Lipinski definition) is 0. The lowest BCUT2D eigenvalue weighted by Gasteiger charge is -2.24. The molecule has 0 N–H and O–H groups in total. The highest BCUT2D eigenvalue weighted by molar-refractivity contribution is 9.10. The molecule has 1 amide bonds. The second-order valence-electron chi connectivity index (χ2n) is 6.58. The average molecular weight is 536 g/mol. The molecule has 0 aromatic heterocycles. The van der Waals surface area contributed by atoms with Crippen molar-refractivity contribution in [2.75, 3.05) is 20.3 Å². The number of methoxy groups -OCH3 is 1. The molecule has 1 unspecified atom stereocenters. The van der Waals surface area contributed by atoms with Crippen molar-refractivity contribution < 1.29 is 23.8 Å². The summed E-state index contributed by atoms with van der Waals surface area (Å²) in [5.41, 5.74) is 1.36. The number of amides is 1. The second kappa shape index (κ2) is 11.0. The Labute approximate surface area is 205 Å². The lowest BCUT2D eigenvalue weighted by atomic mass is 10.1. The number of ether oxygens (including phenoxy) is 3. The van der Waals surface area contributed by atoms with Crippen molar-refractivity contribution >= 4 is 62.2 Å². The van der Waals surface area contributed by atoms with Crippen LogP contribution in [0.25, 0.3) is 6.08 Å². The Morgan fingerprint density at radius 1 is 1.19 bits per heavy atom. The first-order chi connectivity index (χ1) is 15.4. The fraction of sp³-hybridized carbons (Fsp3) is 0.261. The Morgan fingerprint density at radius 3 is 2.50 bits per heavy atom. The molecule has 2 aromatic rings. The smallest absolute Gasteiger partial charge is 0.333 e. The van der Waals surface area contributed by atoms with Crippen molar-refractivity contribution in [1.29, 1.82) is 0 Å². The molecule has 0 aliphatic carbocycles. The molecule has 1 heterocycles. The first-order valence-corrected chi connectivity index (χ1v) is 11.9. The van der Waals surface area contributed by atoms with Crippen LogP contribution in [-0.4, -0.2) is 41.4 Å². The van der Waals surface area contributed by atoms with Crippen LogP contribution >= 0.6 is 39.9 Å². The minimum atomic E-state index is -0.953. The predicted molar refractivity (Wildman–Crippen MR) is 133 cm³/mol. The Morgan fingerprint density at radius 2 is 1.88 bits per heavy atom. The maximum atomic E-state index is 13.3. The minimum Gasteiger partial charge on any atom is -0.490 e. The Balaban J connectivity index is 1.98. The van der Waals surface area contributed by atoms with E-state index in [1.807, 2.05) is 26.0 Å². The SMILES string of the molecule is CCOc1cc(/C=C2\SC(=S)N(C(C(=O)OC)c3ccccc3)C2=O)cc(Br)c1OCC. The third kappa shape index (κ3) is 5.16. The number of halogens is 1. The molecule has 3 rings (SSSR count). The molecule has 168 valence electrons. The molecular weight excluding hydrogens is 514 g/mol. The van der Waals surface area contributed by atoms with Gasteiger partial charge in [-0.1, -0.05) is 54.3 Å². The zero-order valence-corrected chi connectivity index (χ0v) is 21.0. The van der Waals surface area contributed by atoms with E-state index in [4.69, 9.17) is 26.4 Å². The lowest BCUT2D eigenvalue weighted by molar-refractivity contribution is -0.148. The molecule has 0 bridgehead atoms. The topological polar surface area (TPSA) is 65.1 Å². The third-order valence-corrected chi connectivity index (χ3v) is 6.46. The van der Waals surface area contributed by atoms with E-state index in [-0.39, 0.29) is 10.2 Å². The molecular formula is C23H22BrNO5S2. The predicted octanol–water partition coefficient (Wildman–Crippen LogP) is 5.36. The summed E-state index contributed by atoms with van der Waals surface area (Å²) in [5, 5.41) is 0. The van der Waals surface area contributed by atoms with Crippen molar-refractivity contribution in [3.8, 4) is 11.5 Å². The van der Waals surface area contributed by atoms with Gasteiger partial charge in [0.2, 0.25) is 0 Å². The average Bonchev–Trinajstić information content (AvgIpc) is 3.05. The normalized spacial score (nSPS) is 15.8. The summed E-state index contributed by atoms with van der Waals surface area (Å²) >= 11 is 10.1. The summed E-state index contributed by atoms with van der Waals surface area (Å²) < 4.78 is 17.4. The molecule has 0 saturated carbocycles. The van der Waals surface area contributed by atoms with E-state index >= 15 is 0 Å². The summed E-state index contributed by atoms with van der Waals surface area (Å²) in [6, 6.07) is 11.7. The first-order valence-electron chi connectivity index (χ1n) is 9.90. The van der Waals surface area contributed by atoms with Gasteiger partial charge in [0.05, 0.1) is 29.7 Å². The number of benzene rings is 2. The summed E-state index contributed by atoms with van der Waals surface area (Å²) in [4.78, 5) is 27.6. The van der Waals surface area contributed by atoms with Gasteiger partial charge in [0.25, 0.3) is 5.91 Å². The highest BCUT2D eigenvalue weighted by Crippen LogP contribution is 2.41. The van der Waals surface area contributed by atoms with Crippen LogP contribution in [0, 0.1) is 0 Å². The van der Waals surface area contributed by atoms with Crippen LogP contribution < -0.4 is 9.47 Å². The van der Waals surface area contributed by atoms with Gasteiger partial charge in [0.15, 0.2) is 17.5 Å². The molecule has 0 spiro atoms. The van der Waals surface area contributed by atoms with E-state index in [1.54, 1.807) is 36.4 Å². The molecule has 9 heteroatoms. The van der Waals surface area contributed by atoms with Crippen molar-refractivity contribution in [3.05, 3.63) is 63.0 Å². The summed E-state index contributed by atoms with van der Waals surface area (Å²) in [5.74, 6) is 0.259. The maximum Gasteiger partial charge on any atom is 0.333 e. The van der Waals surface area contributed by atoms with E-state index < -0.39 is 12.0 Å². The van der Waals surface area contributed by atoms with Crippen LogP contribution in [-0.2, 0) is 14.3 Å². The standard InChI is InChI=1S/C23H22BrNO5S2/c1-4-29-17-12-14(11-16(24)20(17)30-5-2)13-18-21(26)25(23(31)32-18)19(22(27)28-3)15-9-7-6-8-10-15/h6-13,19H,4-5H2,1-3H3/b18-13-. The monoisotopic (exact) mass is 535 g/mol. The van der Waals surface area contributed by atoms with Gasteiger partial charge in [-0.2, -0.15) is 0 Å². The minimum absolute atomic E-state index is 0.288. The van der Waals surface area contributed by atoms with Gasteiger partial charge < -0.3 is 14.2 Å². The summed E-state index contributed by atoms with van der Waals surface area (Å²) in [6.45, 7) is 4.74. The van der Waals surface area contributed by atoms with Gasteiger partial charge in [0, 0.05) is 0 Å². The number of carbonyl (C=O) groups excluding carboxylic acids is 2. The van der Waals surface area contributed by atoms with Crippen LogP contribution in [0.5, 0.6) is 11.5 Å². The first kappa shape index (κ1) is 24.3. The quantitative estimate of drug-likeness (QED) is 0.256. The second-order valence-corrected chi connectivity index (χ2v) is 9.11. The Bertz CT molecular complexity index is 1060. The van der Waals surface area contributed by atoms with Crippen molar-refractivity contribution in [2.45, 2.75) is 19.9 Å². The molecule has 0 radical (unpaired) electrons. The molecule has 1 aliphatic rings. The summed E-state index contributed by atoms with van der Waals surface area (Å²) in [6.07, 6.45) is 1.72. The van der Waals surface area contributed by atoms with E-state index in [2.05, 4.69) is 15.9 Å². The van der Waals surface area contributed by atoms with Crippen LogP contribution in [0.2, 0.25) is 0 Å². The van der Waals surface area contributed by atoms with Crippen LogP contribution in [0.3, 0.4) is 0 Å². The van der Waals surface area contributed by atoms with Gasteiger partial charge >= 0.3 is 5.97 Å². The molecule has 2 aromatic carbocycles. The van der Waals surface area contributed by atoms with E-state index in [0.717, 1.165) is 17.3 Å². The number of thiocarbonyl (C=S) groups is 1. The van der Waals surface area contributed by atoms with Crippen LogP contribution in [0.1, 0.15) is 31.0 Å². The van der Waals surface area contributed by atoms with Gasteiger partial charge in [-0.05, 0) is 59.1 Å². The Kier molecular flexibility index (Phi) is 8.33. The van der Waals surface area contributed by atoms with Gasteiger partial charge in [-0.15, -0.1) is 0 Å². The number of rotatable bonds is 8. The summed E-state index contributed by atoms with van der Waals surface area (Å²) in [7, 11) is 1.29. The number of nitrogens with zero attached hydrogens (tertiary/aromatic N) is 1. The number of esters is 1. The van der Waals surface area contributed by atoms with Gasteiger partial charge in [-0.3, -0.25) is 9.69 Å². The van der Waals surface area contributed by atoms with E-state index in [0.29, 0.717) is 39.7 Å².